The van der Waals surface area contributed by atoms with E-state index in [-0.39, 0.29) is 11.3 Å². The minimum Gasteiger partial charge on any atom is -0.356 e. The standard InChI is InChI=1S/C27H22F3N5.CH3F/c1-19(34-21-8-4-3-5-9-21)23-16-20(11-12-24(23)27(28,29)30)22-10-6-15-35(2)25(22)17-31-18-26-32-13-7-14-33-26;1-2/h3-18,34H,1H2,2H3;1H3/b25-17-,31-18?;. The molecule has 1 N–H and O–H groups in total. The molecule has 2 aromatic carbocycles. The highest BCUT2D eigenvalue weighted by atomic mass is 19.4. The largest absolute Gasteiger partial charge is 0.417 e. The van der Waals surface area contributed by atoms with Gasteiger partial charge in [0.25, 0.3) is 0 Å². The van der Waals surface area contributed by atoms with Crippen molar-refractivity contribution in [3.63, 3.8) is 0 Å². The quantitative estimate of drug-likeness (QED) is 0.289. The van der Waals surface area contributed by atoms with E-state index in [9.17, 15) is 17.6 Å². The molecule has 1 aliphatic rings. The summed E-state index contributed by atoms with van der Waals surface area (Å²) in [6.45, 7) is 3.89. The Morgan fingerprint density at radius 2 is 1.73 bits per heavy atom. The maximum Gasteiger partial charge on any atom is 0.417 e. The van der Waals surface area contributed by atoms with E-state index >= 15 is 0 Å². The van der Waals surface area contributed by atoms with Crippen LogP contribution < -0.4 is 5.32 Å². The van der Waals surface area contributed by atoms with Crippen molar-refractivity contribution in [1.82, 2.24) is 14.9 Å². The highest BCUT2D eigenvalue weighted by molar-refractivity contribution is 5.85. The SMILES string of the molecule is C=C(Nc1ccccc1)c1cc(C2=CC=CN(C)/C2=C\N=Cc2ncccn2)ccc1C(F)(F)F.CF. The number of rotatable bonds is 6. The predicted octanol–water partition coefficient (Wildman–Crippen LogP) is 6.97. The Kier molecular flexibility index (Phi) is 9.10. The third-order valence-electron chi connectivity index (χ3n) is 5.23. The molecular formula is C28H25F4N5. The van der Waals surface area contributed by atoms with Crippen LogP contribution in [-0.2, 0) is 6.18 Å². The van der Waals surface area contributed by atoms with Gasteiger partial charge in [-0.3, -0.25) is 9.38 Å². The van der Waals surface area contributed by atoms with Crippen molar-refractivity contribution in [2.24, 2.45) is 4.99 Å². The number of likely N-dealkylation sites (N-methyl/N-ethyl adjacent to an activating group) is 1. The molecule has 0 unspecified atom stereocenters. The lowest BCUT2D eigenvalue weighted by Crippen LogP contribution is -2.15. The summed E-state index contributed by atoms with van der Waals surface area (Å²) in [4.78, 5) is 14.4. The van der Waals surface area contributed by atoms with E-state index in [4.69, 9.17) is 0 Å². The van der Waals surface area contributed by atoms with Gasteiger partial charge in [-0.1, -0.05) is 36.9 Å². The lowest BCUT2D eigenvalue weighted by Gasteiger charge is -2.25. The molecule has 0 bridgehead atoms. The van der Waals surface area contributed by atoms with Crippen molar-refractivity contribution in [3.05, 3.63) is 126 Å². The summed E-state index contributed by atoms with van der Waals surface area (Å²) in [5.41, 5.74) is 2.01. The molecule has 9 heteroatoms. The highest BCUT2D eigenvalue weighted by Crippen LogP contribution is 2.38. The van der Waals surface area contributed by atoms with Gasteiger partial charge in [-0.2, -0.15) is 13.2 Å². The Hall–Kier alpha value is -4.53. The predicted molar refractivity (Wildman–Crippen MR) is 140 cm³/mol. The number of aromatic nitrogens is 2. The number of nitrogens with zero attached hydrogens (tertiary/aromatic N) is 4. The zero-order chi connectivity index (χ0) is 26.8. The zero-order valence-electron chi connectivity index (χ0n) is 20.2. The van der Waals surface area contributed by atoms with Gasteiger partial charge in [0.15, 0.2) is 5.82 Å². The number of anilines is 1. The first-order valence-electron chi connectivity index (χ1n) is 11.1. The summed E-state index contributed by atoms with van der Waals surface area (Å²) in [6.07, 6.45) is 7.33. The fourth-order valence-electron chi connectivity index (χ4n) is 3.55. The van der Waals surface area contributed by atoms with Gasteiger partial charge in [0.05, 0.1) is 30.9 Å². The van der Waals surface area contributed by atoms with Gasteiger partial charge in [-0.05, 0) is 42.0 Å². The monoisotopic (exact) mass is 507 g/mol. The van der Waals surface area contributed by atoms with Crippen LogP contribution in [0.3, 0.4) is 0 Å². The first-order chi connectivity index (χ1) is 17.8. The van der Waals surface area contributed by atoms with Crippen molar-refractivity contribution >= 4 is 23.2 Å². The van der Waals surface area contributed by atoms with E-state index in [1.54, 1.807) is 48.9 Å². The molecule has 190 valence electrons. The average molecular weight is 508 g/mol. The van der Waals surface area contributed by atoms with Crippen LogP contribution in [0.4, 0.5) is 23.2 Å². The summed E-state index contributed by atoms with van der Waals surface area (Å²) in [7, 11) is 2.34. The topological polar surface area (TPSA) is 53.4 Å². The average Bonchev–Trinajstić information content (AvgIpc) is 2.91. The molecule has 0 atom stereocenters. The molecule has 5 nitrogen and oxygen atoms in total. The number of aliphatic imine (C=N–C) groups is 1. The maximum absolute atomic E-state index is 13.8. The smallest absolute Gasteiger partial charge is 0.356 e. The zero-order valence-corrected chi connectivity index (χ0v) is 20.2. The molecule has 3 aromatic rings. The van der Waals surface area contributed by atoms with Gasteiger partial charge < -0.3 is 10.2 Å². The van der Waals surface area contributed by atoms with E-state index in [0.717, 1.165) is 6.07 Å². The molecule has 0 amide bonds. The van der Waals surface area contributed by atoms with Crippen molar-refractivity contribution in [2.75, 3.05) is 19.5 Å². The Morgan fingerprint density at radius 3 is 2.41 bits per heavy atom. The van der Waals surface area contributed by atoms with Gasteiger partial charge in [0, 0.05) is 48.2 Å². The van der Waals surface area contributed by atoms with Crippen molar-refractivity contribution < 1.29 is 17.6 Å². The Labute approximate surface area is 212 Å². The number of allylic oxidation sites excluding steroid dienone is 3. The van der Waals surface area contributed by atoms with Crippen molar-refractivity contribution in [1.29, 1.82) is 0 Å². The molecule has 0 saturated heterocycles. The van der Waals surface area contributed by atoms with Crippen LogP contribution >= 0.6 is 0 Å². The number of alkyl halides is 4. The molecule has 0 aliphatic carbocycles. The fraction of sp³-hybridized carbons (Fsp3) is 0.107. The van der Waals surface area contributed by atoms with E-state index in [1.165, 1.54) is 18.3 Å². The van der Waals surface area contributed by atoms with Gasteiger partial charge in [-0.15, -0.1) is 0 Å². The third-order valence-corrected chi connectivity index (χ3v) is 5.23. The van der Waals surface area contributed by atoms with Crippen LogP contribution in [0.2, 0.25) is 0 Å². The van der Waals surface area contributed by atoms with Gasteiger partial charge >= 0.3 is 6.18 Å². The highest BCUT2D eigenvalue weighted by Gasteiger charge is 2.34. The number of benzene rings is 2. The summed E-state index contributed by atoms with van der Waals surface area (Å²) < 4.78 is 51.0. The van der Waals surface area contributed by atoms with Crippen molar-refractivity contribution in [3.8, 4) is 0 Å². The van der Waals surface area contributed by atoms with E-state index in [0.29, 0.717) is 35.5 Å². The van der Waals surface area contributed by atoms with Crippen LogP contribution in [0.15, 0.2) is 109 Å². The lowest BCUT2D eigenvalue weighted by molar-refractivity contribution is -0.137. The molecule has 4 rings (SSSR count). The second-order valence-corrected chi connectivity index (χ2v) is 7.66. The lowest BCUT2D eigenvalue weighted by atomic mass is 9.94. The molecule has 37 heavy (non-hydrogen) atoms. The number of para-hydroxylation sites is 1. The minimum absolute atomic E-state index is 0.0301. The maximum atomic E-state index is 13.8. The number of nitrogens with one attached hydrogen (secondary N) is 1. The first-order valence-corrected chi connectivity index (χ1v) is 11.1. The van der Waals surface area contributed by atoms with E-state index in [2.05, 4.69) is 26.9 Å². The fourth-order valence-corrected chi connectivity index (χ4v) is 3.55. The van der Waals surface area contributed by atoms with Crippen LogP contribution in [0, 0.1) is 0 Å². The van der Waals surface area contributed by atoms with Crippen LogP contribution in [-0.4, -0.2) is 35.3 Å². The number of halogens is 4. The second kappa shape index (κ2) is 12.4. The van der Waals surface area contributed by atoms with Gasteiger partial charge in [0.2, 0.25) is 0 Å². The molecular weight excluding hydrogens is 482 g/mol. The first kappa shape index (κ1) is 27.1. The Morgan fingerprint density at radius 1 is 1.03 bits per heavy atom. The normalized spacial score (nSPS) is 14.3. The van der Waals surface area contributed by atoms with Crippen LogP contribution in [0.1, 0.15) is 22.5 Å². The van der Waals surface area contributed by atoms with Crippen LogP contribution in [0.25, 0.3) is 11.3 Å². The molecule has 0 radical (unpaired) electrons. The molecule has 2 heterocycles. The molecule has 0 fully saturated rings. The number of hydrogen-bond acceptors (Lipinski definition) is 5. The number of hydrogen-bond donors (Lipinski definition) is 1. The molecule has 1 aromatic heterocycles. The van der Waals surface area contributed by atoms with Gasteiger partial charge in [0.1, 0.15) is 0 Å². The molecule has 0 saturated carbocycles. The van der Waals surface area contributed by atoms with Crippen LogP contribution in [0.5, 0.6) is 0 Å². The second-order valence-electron chi connectivity index (χ2n) is 7.66. The Bertz CT molecular complexity index is 1330. The summed E-state index contributed by atoms with van der Waals surface area (Å²) in [5, 5.41) is 2.98. The van der Waals surface area contributed by atoms with E-state index in [1.807, 2.05) is 36.4 Å². The van der Waals surface area contributed by atoms with Gasteiger partial charge in [-0.25, -0.2) is 9.97 Å². The molecule has 0 spiro atoms. The van der Waals surface area contributed by atoms with Crippen molar-refractivity contribution in [2.45, 2.75) is 6.18 Å². The minimum atomic E-state index is -4.54. The van der Waals surface area contributed by atoms with E-state index < -0.39 is 11.7 Å². The molecule has 1 aliphatic heterocycles. The summed E-state index contributed by atoms with van der Waals surface area (Å²) in [5.74, 6) is 0.448. The Balaban J connectivity index is 0.00000186. The summed E-state index contributed by atoms with van der Waals surface area (Å²) in [6, 6.07) is 14.7. The summed E-state index contributed by atoms with van der Waals surface area (Å²) >= 11 is 0. The third kappa shape index (κ3) is 7.00.